The van der Waals surface area contributed by atoms with Crippen LogP contribution in [0.2, 0.25) is 0 Å². The van der Waals surface area contributed by atoms with Crippen LogP contribution in [0.3, 0.4) is 0 Å². The van der Waals surface area contributed by atoms with E-state index < -0.39 is 0 Å². The number of carbonyl (C=O) groups excluding carboxylic acids is 2. The number of rotatable bonds is 5. The van der Waals surface area contributed by atoms with E-state index in [2.05, 4.69) is 36.6 Å². The number of amides is 2. The molecule has 2 amide bonds. The van der Waals surface area contributed by atoms with E-state index in [9.17, 15) is 9.59 Å². The van der Waals surface area contributed by atoms with Crippen molar-refractivity contribution in [2.45, 2.75) is 6.92 Å². The van der Waals surface area contributed by atoms with Gasteiger partial charge in [-0.25, -0.2) is 9.67 Å². The summed E-state index contributed by atoms with van der Waals surface area (Å²) in [5.41, 5.74) is 3.76. The number of aromatic nitrogens is 3. The third kappa shape index (κ3) is 4.64. The van der Waals surface area contributed by atoms with Gasteiger partial charge in [0, 0.05) is 35.3 Å². The predicted molar refractivity (Wildman–Crippen MR) is 121 cm³/mol. The summed E-state index contributed by atoms with van der Waals surface area (Å²) < 4.78 is 2.60. The van der Waals surface area contributed by atoms with Crippen molar-refractivity contribution in [1.29, 1.82) is 0 Å². The Hall–Kier alpha value is -3.30. The van der Waals surface area contributed by atoms with E-state index >= 15 is 0 Å². The van der Waals surface area contributed by atoms with Crippen molar-refractivity contribution < 1.29 is 9.59 Å². The van der Waals surface area contributed by atoms with Crippen LogP contribution in [0.5, 0.6) is 0 Å². The molecule has 0 saturated carbocycles. The van der Waals surface area contributed by atoms with E-state index in [4.69, 9.17) is 0 Å². The van der Waals surface area contributed by atoms with Gasteiger partial charge in [0.05, 0.1) is 22.1 Å². The summed E-state index contributed by atoms with van der Waals surface area (Å²) in [6.07, 6.45) is 3.54. The summed E-state index contributed by atoms with van der Waals surface area (Å²) >= 11 is 4.72. The van der Waals surface area contributed by atoms with Gasteiger partial charge in [0.25, 0.3) is 5.91 Å². The fourth-order valence-electron chi connectivity index (χ4n) is 2.77. The number of benzene rings is 2. The molecule has 0 spiro atoms. The minimum atomic E-state index is -0.231. The summed E-state index contributed by atoms with van der Waals surface area (Å²) in [6, 6.07) is 14.5. The highest BCUT2D eigenvalue weighted by Gasteiger charge is 2.11. The molecule has 9 heteroatoms. The highest BCUT2D eigenvalue weighted by atomic mass is 79.9. The van der Waals surface area contributed by atoms with E-state index in [-0.39, 0.29) is 11.8 Å². The second-order valence-corrected chi connectivity index (χ2v) is 8.17. The van der Waals surface area contributed by atoms with E-state index in [0.29, 0.717) is 10.7 Å². The molecule has 0 unspecified atom stereocenters. The number of anilines is 2. The average molecular weight is 482 g/mol. The first kappa shape index (κ1) is 20.0. The Bertz CT molecular complexity index is 1200. The lowest BCUT2D eigenvalue weighted by Crippen LogP contribution is -2.11. The fraction of sp³-hybridized carbons (Fsp3) is 0.0476. The Morgan fingerprint density at radius 3 is 2.40 bits per heavy atom. The monoisotopic (exact) mass is 481 g/mol. The molecular weight excluding hydrogens is 466 g/mol. The molecule has 150 valence electrons. The Labute approximate surface area is 184 Å². The lowest BCUT2D eigenvalue weighted by Gasteiger charge is -2.04. The van der Waals surface area contributed by atoms with Gasteiger partial charge < -0.3 is 5.32 Å². The molecule has 4 aromatic rings. The normalized spacial score (nSPS) is 10.6. The molecule has 0 fully saturated rings. The summed E-state index contributed by atoms with van der Waals surface area (Å²) in [4.78, 5) is 28.1. The molecule has 2 aromatic heterocycles. The third-order valence-corrected chi connectivity index (χ3v) is 5.34. The van der Waals surface area contributed by atoms with E-state index in [0.717, 1.165) is 27.1 Å². The number of halogens is 1. The minimum absolute atomic E-state index is 0.119. The van der Waals surface area contributed by atoms with Gasteiger partial charge in [-0.05, 0) is 52.3 Å². The second-order valence-electron chi connectivity index (χ2n) is 6.40. The van der Waals surface area contributed by atoms with Crippen LogP contribution in [0.1, 0.15) is 17.3 Å². The maximum atomic E-state index is 12.5. The molecule has 0 aliphatic rings. The van der Waals surface area contributed by atoms with Gasteiger partial charge in [0.15, 0.2) is 5.13 Å². The molecule has 30 heavy (non-hydrogen) atoms. The van der Waals surface area contributed by atoms with Crippen LogP contribution in [0.25, 0.3) is 16.9 Å². The summed E-state index contributed by atoms with van der Waals surface area (Å²) in [6.45, 7) is 1.47. The van der Waals surface area contributed by atoms with Crippen LogP contribution in [0, 0.1) is 0 Å². The average Bonchev–Trinajstić information content (AvgIpc) is 3.37. The molecule has 0 bridgehead atoms. The lowest BCUT2D eigenvalue weighted by atomic mass is 10.1. The molecule has 0 aliphatic carbocycles. The zero-order valence-electron chi connectivity index (χ0n) is 15.8. The van der Waals surface area contributed by atoms with Gasteiger partial charge in [-0.15, -0.1) is 11.3 Å². The lowest BCUT2D eigenvalue weighted by molar-refractivity contribution is -0.114. The molecule has 4 rings (SSSR count). The number of thiazole rings is 1. The van der Waals surface area contributed by atoms with Gasteiger partial charge in [0.1, 0.15) is 0 Å². The third-order valence-electron chi connectivity index (χ3n) is 4.17. The summed E-state index contributed by atoms with van der Waals surface area (Å²) in [5, 5.41) is 12.2. The van der Waals surface area contributed by atoms with Crippen LogP contribution >= 0.6 is 27.3 Å². The van der Waals surface area contributed by atoms with Crippen molar-refractivity contribution in [3.8, 4) is 16.9 Å². The first-order valence-electron chi connectivity index (χ1n) is 8.93. The molecular formula is C21H16BrN5O2S. The zero-order chi connectivity index (χ0) is 21.1. The van der Waals surface area contributed by atoms with Gasteiger partial charge in [-0.3, -0.25) is 14.9 Å². The molecule has 0 saturated heterocycles. The molecule has 7 nitrogen and oxygen atoms in total. The van der Waals surface area contributed by atoms with Crippen molar-refractivity contribution in [2.24, 2.45) is 0 Å². The van der Waals surface area contributed by atoms with E-state index in [1.54, 1.807) is 23.0 Å². The van der Waals surface area contributed by atoms with E-state index in [1.165, 1.54) is 18.3 Å². The Morgan fingerprint density at radius 1 is 1.03 bits per heavy atom. The zero-order valence-corrected chi connectivity index (χ0v) is 18.2. The number of hydrogen-bond donors (Lipinski definition) is 2. The highest BCUT2D eigenvalue weighted by Crippen LogP contribution is 2.26. The molecule has 0 aliphatic heterocycles. The number of nitrogens with one attached hydrogen (secondary N) is 2. The van der Waals surface area contributed by atoms with Crippen molar-refractivity contribution >= 4 is 49.9 Å². The number of hydrogen-bond acceptors (Lipinski definition) is 5. The maximum Gasteiger partial charge on any atom is 0.257 e. The van der Waals surface area contributed by atoms with Crippen LogP contribution in [0.15, 0.2) is 70.8 Å². The molecule has 2 aromatic carbocycles. The maximum absolute atomic E-state index is 12.5. The summed E-state index contributed by atoms with van der Waals surface area (Å²) in [5.74, 6) is -0.350. The second kappa shape index (κ2) is 8.60. The Balaban J connectivity index is 1.43. The predicted octanol–water partition coefficient (Wildman–Crippen LogP) is 4.97. The van der Waals surface area contributed by atoms with Gasteiger partial charge in [0.2, 0.25) is 5.91 Å². The minimum Gasteiger partial charge on any atom is -0.326 e. The molecule has 0 atom stereocenters. The van der Waals surface area contributed by atoms with Gasteiger partial charge in [-0.1, -0.05) is 12.1 Å². The number of nitrogens with zero attached hydrogens (tertiary/aromatic N) is 3. The van der Waals surface area contributed by atoms with Gasteiger partial charge in [-0.2, -0.15) is 5.10 Å². The van der Waals surface area contributed by atoms with Crippen molar-refractivity contribution in [3.63, 3.8) is 0 Å². The van der Waals surface area contributed by atoms with Crippen LogP contribution in [0.4, 0.5) is 10.8 Å². The topological polar surface area (TPSA) is 88.9 Å². The fourth-order valence-corrected chi connectivity index (χ4v) is 3.77. The van der Waals surface area contributed by atoms with E-state index in [1.807, 2.05) is 48.0 Å². The molecule has 0 radical (unpaired) electrons. The highest BCUT2D eigenvalue weighted by molar-refractivity contribution is 9.10. The first-order valence-corrected chi connectivity index (χ1v) is 10.6. The molecule has 2 heterocycles. The Kier molecular flexibility index (Phi) is 5.73. The van der Waals surface area contributed by atoms with Gasteiger partial charge >= 0.3 is 0 Å². The van der Waals surface area contributed by atoms with Crippen LogP contribution in [-0.4, -0.2) is 26.6 Å². The Morgan fingerprint density at radius 2 is 1.77 bits per heavy atom. The number of carbonyl (C=O) groups is 2. The summed E-state index contributed by atoms with van der Waals surface area (Å²) in [7, 11) is 0. The van der Waals surface area contributed by atoms with Crippen molar-refractivity contribution in [2.75, 3.05) is 10.6 Å². The smallest absolute Gasteiger partial charge is 0.257 e. The largest absolute Gasteiger partial charge is 0.326 e. The van der Waals surface area contributed by atoms with Crippen LogP contribution in [-0.2, 0) is 4.79 Å². The SMILES string of the molecule is CC(=O)Nc1ccc(-c2csc(NC(=O)c3ccc(-n4cc(Br)cn4)cc3)n2)cc1. The standard InChI is InChI=1S/C21H16BrN5O2S/c1-13(28)24-17-6-2-14(3-7-17)19-12-30-21(25-19)26-20(29)15-4-8-18(9-5-15)27-11-16(22)10-23-27/h2-12H,1H3,(H,24,28)(H,25,26,29). The van der Waals surface area contributed by atoms with Crippen LogP contribution < -0.4 is 10.6 Å². The first-order chi connectivity index (χ1) is 14.5. The van der Waals surface area contributed by atoms with Crippen molar-refractivity contribution in [3.05, 3.63) is 76.3 Å². The molecule has 2 N–H and O–H groups in total. The van der Waals surface area contributed by atoms with Crippen molar-refractivity contribution in [1.82, 2.24) is 14.8 Å². The quantitative estimate of drug-likeness (QED) is 0.421.